The van der Waals surface area contributed by atoms with Gasteiger partial charge in [0.1, 0.15) is 0 Å². The van der Waals surface area contributed by atoms with E-state index < -0.39 is 11.9 Å². The van der Waals surface area contributed by atoms with Crippen LogP contribution in [0.5, 0.6) is 0 Å². The van der Waals surface area contributed by atoms with Crippen molar-refractivity contribution in [3.8, 4) is 0 Å². The van der Waals surface area contributed by atoms with E-state index in [9.17, 15) is 9.59 Å². The van der Waals surface area contributed by atoms with Crippen LogP contribution in [-0.4, -0.2) is 17.0 Å². The molecule has 0 fully saturated rings. The van der Waals surface area contributed by atoms with Crippen molar-refractivity contribution < 1.29 is 14.7 Å². The number of benzene rings is 2. The first-order valence-corrected chi connectivity index (χ1v) is 6.74. The third-order valence-corrected chi connectivity index (χ3v) is 3.31. The zero-order valence-electron chi connectivity index (χ0n) is 10.1. The fraction of sp³-hybridized carbons (Fsp3) is 0. The molecule has 0 bridgehead atoms. The van der Waals surface area contributed by atoms with Crippen molar-refractivity contribution in [2.75, 3.05) is 5.32 Å². The average molecular weight is 355 g/mol. The predicted octanol–water partition coefficient (Wildman–Crippen LogP) is 4.05. The molecular weight excluding hydrogens is 346 g/mol. The van der Waals surface area contributed by atoms with Crippen molar-refractivity contribution in [3.63, 3.8) is 0 Å². The van der Waals surface area contributed by atoms with E-state index in [1.807, 2.05) is 0 Å². The number of nitrogens with one attached hydrogen (secondary N) is 1. The van der Waals surface area contributed by atoms with Gasteiger partial charge in [-0.1, -0.05) is 27.5 Å². The maximum Gasteiger partial charge on any atom is 0.337 e. The number of carbonyl (C=O) groups is 2. The second kappa shape index (κ2) is 6.07. The Morgan fingerprint density at radius 1 is 1.10 bits per heavy atom. The summed E-state index contributed by atoms with van der Waals surface area (Å²) in [7, 11) is 0. The Labute approximate surface area is 128 Å². The molecule has 0 aromatic heterocycles. The maximum absolute atomic E-state index is 12.0. The van der Waals surface area contributed by atoms with Gasteiger partial charge in [0.25, 0.3) is 5.91 Å². The molecule has 2 N–H and O–H groups in total. The van der Waals surface area contributed by atoms with Crippen molar-refractivity contribution in [2.45, 2.75) is 0 Å². The molecule has 0 heterocycles. The van der Waals surface area contributed by atoms with Crippen LogP contribution in [0.25, 0.3) is 0 Å². The van der Waals surface area contributed by atoms with Crippen LogP contribution in [0.3, 0.4) is 0 Å². The van der Waals surface area contributed by atoms with Gasteiger partial charge in [-0.3, -0.25) is 4.79 Å². The number of carboxylic acid groups (broad SMARTS) is 1. The van der Waals surface area contributed by atoms with Gasteiger partial charge in [-0.15, -0.1) is 0 Å². The topological polar surface area (TPSA) is 66.4 Å². The van der Waals surface area contributed by atoms with Gasteiger partial charge in [-0.2, -0.15) is 0 Å². The van der Waals surface area contributed by atoms with Crippen molar-refractivity contribution >= 4 is 45.1 Å². The Morgan fingerprint density at radius 2 is 1.75 bits per heavy atom. The van der Waals surface area contributed by atoms with Crippen LogP contribution >= 0.6 is 27.5 Å². The van der Waals surface area contributed by atoms with Crippen LogP contribution in [0.1, 0.15) is 20.7 Å². The highest BCUT2D eigenvalue weighted by molar-refractivity contribution is 9.10. The lowest BCUT2D eigenvalue weighted by atomic mass is 10.1. The molecule has 6 heteroatoms. The second-order valence-corrected chi connectivity index (χ2v) is 5.31. The van der Waals surface area contributed by atoms with Crippen molar-refractivity contribution in [1.82, 2.24) is 0 Å². The number of carbonyl (C=O) groups excluding carboxylic acids is 1. The molecule has 0 saturated heterocycles. The lowest BCUT2D eigenvalue weighted by Crippen LogP contribution is -2.14. The summed E-state index contributed by atoms with van der Waals surface area (Å²) in [6.45, 7) is 0. The first-order chi connectivity index (χ1) is 9.47. The fourth-order valence-corrected chi connectivity index (χ4v) is 2.09. The second-order valence-electron chi connectivity index (χ2n) is 3.96. The van der Waals surface area contributed by atoms with E-state index in [2.05, 4.69) is 21.2 Å². The number of aromatic carboxylic acids is 1. The first kappa shape index (κ1) is 14.6. The molecule has 0 aliphatic heterocycles. The SMILES string of the molecule is O=C(Nc1cc(Br)ccc1C(=O)O)c1ccc(Cl)cc1. The summed E-state index contributed by atoms with van der Waals surface area (Å²) in [5, 5.41) is 12.2. The normalized spacial score (nSPS) is 10.1. The maximum atomic E-state index is 12.0. The summed E-state index contributed by atoms with van der Waals surface area (Å²) in [5.74, 6) is -1.51. The number of hydrogen-bond acceptors (Lipinski definition) is 2. The lowest BCUT2D eigenvalue weighted by Gasteiger charge is -2.09. The summed E-state index contributed by atoms with van der Waals surface area (Å²) in [6.07, 6.45) is 0. The van der Waals surface area contributed by atoms with Crippen LogP contribution in [-0.2, 0) is 0 Å². The smallest absolute Gasteiger partial charge is 0.337 e. The Balaban J connectivity index is 2.29. The summed E-state index contributed by atoms with van der Waals surface area (Å²) in [4.78, 5) is 23.2. The van der Waals surface area contributed by atoms with E-state index in [-0.39, 0.29) is 11.3 Å². The van der Waals surface area contributed by atoms with Gasteiger partial charge in [-0.05, 0) is 42.5 Å². The van der Waals surface area contributed by atoms with Crippen LogP contribution in [0.15, 0.2) is 46.9 Å². The van der Waals surface area contributed by atoms with E-state index in [1.165, 1.54) is 12.1 Å². The number of halogens is 2. The van der Waals surface area contributed by atoms with Gasteiger partial charge in [0.05, 0.1) is 11.3 Å². The molecule has 2 aromatic carbocycles. The van der Waals surface area contributed by atoms with E-state index in [4.69, 9.17) is 16.7 Å². The molecule has 0 aliphatic rings. The van der Waals surface area contributed by atoms with Crippen molar-refractivity contribution in [1.29, 1.82) is 0 Å². The van der Waals surface area contributed by atoms with Gasteiger partial charge in [-0.25, -0.2) is 4.79 Å². The number of carboxylic acids is 1. The first-order valence-electron chi connectivity index (χ1n) is 5.57. The van der Waals surface area contributed by atoms with Gasteiger partial charge in [0.2, 0.25) is 0 Å². The quantitative estimate of drug-likeness (QED) is 0.874. The highest BCUT2D eigenvalue weighted by Crippen LogP contribution is 2.22. The monoisotopic (exact) mass is 353 g/mol. The van der Waals surface area contributed by atoms with Crippen molar-refractivity contribution in [2.24, 2.45) is 0 Å². The largest absolute Gasteiger partial charge is 0.478 e. The van der Waals surface area contributed by atoms with E-state index in [0.717, 1.165) is 0 Å². The van der Waals surface area contributed by atoms with Crippen LogP contribution in [0, 0.1) is 0 Å². The Hall–Kier alpha value is -1.85. The summed E-state index contributed by atoms with van der Waals surface area (Å²) in [5.41, 5.74) is 0.646. The van der Waals surface area contributed by atoms with E-state index in [0.29, 0.717) is 15.1 Å². The molecule has 0 aliphatic carbocycles. The predicted molar refractivity (Wildman–Crippen MR) is 80.5 cm³/mol. The summed E-state index contributed by atoms with van der Waals surface area (Å²) < 4.78 is 0.675. The van der Waals surface area contributed by atoms with E-state index >= 15 is 0 Å². The van der Waals surface area contributed by atoms with Crippen LogP contribution in [0.4, 0.5) is 5.69 Å². The minimum Gasteiger partial charge on any atom is -0.478 e. The van der Waals surface area contributed by atoms with Crippen LogP contribution in [0.2, 0.25) is 5.02 Å². The molecule has 0 unspecified atom stereocenters. The molecular formula is C14H9BrClNO3. The minimum absolute atomic E-state index is 0.0236. The highest BCUT2D eigenvalue weighted by atomic mass is 79.9. The Morgan fingerprint density at radius 3 is 2.35 bits per heavy atom. The average Bonchev–Trinajstić information content (AvgIpc) is 2.39. The molecule has 2 aromatic rings. The molecule has 102 valence electrons. The number of hydrogen-bond donors (Lipinski definition) is 2. The van der Waals surface area contributed by atoms with Crippen molar-refractivity contribution in [3.05, 3.63) is 63.1 Å². The lowest BCUT2D eigenvalue weighted by molar-refractivity contribution is 0.0698. The molecule has 2 rings (SSSR count). The Bertz CT molecular complexity index is 671. The van der Waals surface area contributed by atoms with E-state index in [1.54, 1.807) is 30.3 Å². The van der Waals surface area contributed by atoms with Gasteiger partial charge in [0, 0.05) is 15.1 Å². The minimum atomic E-state index is -1.11. The summed E-state index contributed by atoms with van der Waals surface area (Å²) in [6, 6.07) is 10.9. The number of rotatable bonds is 3. The van der Waals surface area contributed by atoms with Gasteiger partial charge in [0.15, 0.2) is 0 Å². The molecule has 0 saturated carbocycles. The molecule has 20 heavy (non-hydrogen) atoms. The highest BCUT2D eigenvalue weighted by Gasteiger charge is 2.14. The standard InChI is InChI=1S/C14H9BrClNO3/c15-9-3-6-11(14(19)20)12(7-9)17-13(18)8-1-4-10(16)5-2-8/h1-7H,(H,17,18)(H,19,20). The third kappa shape index (κ3) is 3.37. The zero-order valence-corrected chi connectivity index (χ0v) is 12.4. The zero-order chi connectivity index (χ0) is 14.7. The molecule has 0 radical (unpaired) electrons. The van der Waals surface area contributed by atoms with Crippen LogP contribution < -0.4 is 5.32 Å². The molecule has 0 spiro atoms. The Kier molecular flexibility index (Phi) is 4.42. The molecule has 0 atom stereocenters. The van der Waals surface area contributed by atoms with Gasteiger partial charge < -0.3 is 10.4 Å². The number of anilines is 1. The number of amides is 1. The summed E-state index contributed by atoms with van der Waals surface area (Å²) >= 11 is 8.99. The molecule has 1 amide bonds. The molecule has 4 nitrogen and oxygen atoms in total. The van der Waals surface area contributed by atoms with Gasteiger partial charge >= 0.3 is 5.97 Å². The fourth-order valence-electron chi connectivity index (χ4n) is 1.60. The third-order valence-electron chi connectivity index (χ3n) is 2.57.